The highest BCUT2D eigenvalue weighted by molar-refractivity contribution is 5.91. The lowest BCUT2D eigenvalue weighted by molar-refractivity contribution is 0.0913. The number of nitrogens with zero attached hydrogens (tertiary/aromatic N) is 3. The van der Waals surface area contributed by atoms with Gasteiger partial charge in [-0.3, -0.25) is 9.59 Å². The summed E-state index contributed by atoms with van der Waals surface area (Å²) in [4.78, 5) is 34.3. The van der Waals surface area contributed by atoms with Gasteiger partial charge in [-0.15, -0.1) is 0 Å². The quantitative estimate of drug-likeness (QED) is 0.912. The molecule has 1 amide bonds. The third-order valence-electron chi connectivity index (χ3n) is 4.02. The van der Waals surface area contributed by atoms with Crippen molar-refractivity contribution in [2.75, 3.05) is 24.5 Å². The highest BCUT2D eigenvalue weighted by atomic mass is 16.3. The van der Waals surface area contributed by atoms with Crippen LogP contribution in [0.5, 0.6) is 0 Å². The molecule has 0 aliphatic carbocycles. The summed E-state index contributed by atoms with van der Waals surface area (Å²) in [5, 5.41) is 2.86. The van der Waals surface area contributed by atoms with E-state index >= 15 is 0 Å². The Kier molecular flexibility index (Phi) is 4.88. The van der Waals surface area contributed by atoms with E-state index in [2.05, 4.69) is 20.2 Å². The molecule has 2 aromatic rings. The van der Waals surface area contributed by atoms with E-state index < -0.39 is 0 Å². The third kappa shape index (κ3) is 3.98. The predicted molar refractivity (Wildman–Crippen MR) is 89.0 cm³/mol. The lowest BCUT2D eigenvalue weighted by Crippen LogP contribution is -2.41. The topological polar surface area (TPSA) is 88.3 Å². The van der Waals surface area contributed by atoms with Crippen LogP contribution in [0.15, 0.2) is 39.8 Å². The van der Waals surface area contributed by atoms with Crippen molar-refractivity contribution in [3.05, 3.63) is 52.3 Å². The van der Waals surface area contributed by atoms with Crippen LogP contribution in [0.3, 0.4) is 0 Å². The summed E-state index contributed by atoms with van der Waals surface area (Å²) in [7, 11) is 0. The molecule has 3 rings (SSSR count). The summed E-state index contributed by atoms with van der Waals surface area (Å²) in [5.74, 6) is 1.15. The normalized spacial score (nSPS) is 17.5. The van der Waals surface area contributed by atoms with Crippen LogP contribution < -0.4 is 15.6 Å². The Morgan fingerprint density at radius 2 is 2.17 bits per heavy atom. The van der Waals surface area contributed by atoms with E-state index in [1.807, 2.05) is 0 Å². The van der Waals surface area contributed by atoms with Gasteiger partial charge in [0.15, 0.2) is 11.2 Å². The van der Waals surface area contributed by atoms with Gasteiger partial charge in [-0.05, 0) is 31.7 Å². The van der Waals surface area contributed by atoms with Crippen LogP contribution in [0.25, 0.3) is 0 Å². The van der Waals surface area contributed by atoms with Gasteiger partial charge in [0, 0.05) is 44.2 Å². The zero-order valence-electron chi connectivity index (χ0n) is 13.6. The number of hydrogen-bond donors (Lipinski definition) is 1. The smallest absolute Gasteiger partial charge is 0.287 e. The second-order valence-corrected chi connectivity index (χ2v) is 5.98. The van der Waals surface area contributed by atoms with E-state index in [1.54, 1.807) is 25.4 Å². The van der Waals surface area contributed by atoms with E-state index in [4.69, 9.17) is 4.42 Å². The minimum Gasteiger partial charge on any atom is -0.456 e. The fourth-order valence-electron chi connectivity index (χ4n) is 2.91. The van der Waals surface area contributed by atoms with Gasteiger partial charge < -0.3 is 14.6 Å². The highest BCUT2D eigenvalue weighted by Gasteiger charge is 2.22. The molecule has 0 unspecified atom stereocenters. The van der Waals surface area contributed by atoms with Gasteiger partial charge in [0.05, 0.1) is 0 Å². The summed E-state index contributed by atoms with van der Waals surface area (Å²) < 4.78 is 5.31. The molecule has 1 atom stereocenters. The molecule has 1 N–H and O–H groups in total. The minimum absolute atomic E-state index is 0.0547. The SMILES string of the molecule is Cc1cc(=O)cc(C(=O)NC[C@@H]2CCCN(c3ncccn3)C2)o1. The maximum atomic E-state index is 12.2. The molecule has 0 bridgehead atoms. The number of anilines is 1. The molecule has 3 heterocycles. The molecule has 7 heteroatoms. The van der Waals surface area contributed by atoms with E-state index in [0.717, 1.165) is 31.9 Å². The van der Waals surface area contributed by atoms with Crippen molar-refractivity contribution in [3.8, 4) is 0 Å². The van der Waals surface area contributed by atoms with E-state index in [0.29, 0.717) is 18.2 Å². The Balaban J connectivity index is 1.58. The van der Waals surface area contributed by atoms with Crippen LogP contribution in [0.4, 0.5) is 5.95 Å². The number of amides is 1. The molecule has 2 aromatic heterocycles. The first-order valence-corrected chi connectivity index (χ1v) is 8.04. The summed E-state index contributed by atoms with van der Waals surface area (Å²) in [6, 6.07) is 4.36. The maximum Gasteiger partial charge on any atom is 0.287 e. The fraction of sp³-hybridized carbons (Fsp3) is 0.412. The maximum absolute atomic E-state index is 12.2. The number of aromatic nitrogens is 2. The Morgan fingerprint density at radius 1 is 1.38 bits per heavy atom. The molecule has 7 nitrogen and oxygen atoms in total. The summed E-state index contributed by atoms with van der Waals surface area (Å²) in [6.07, 6.45) is 5.51. The number of rotatable bonds is 4. The van der Waals surface area contributed by atoms with Gasteiger partial charge in [-0.1, -0.05) is 0 Å². The first-order valence-electron chi connectivity index (χ1n) is 8.04. The standard InChI is InChI=1S/C17H20N4O3/c1-12-8-14(22)9-15(24-12)16(23)20-10-13-4-2-7-21(11-13)17-18-5-3-6-19-17/h3,5-6,8-9,13H,2,4,7,10-11H2,1H3,(H,20,23)/t13-/m0/s1. The zero-order valence-corrected chi connectivity index (χ0v) is 13.6. The molecule has 1 saturated heterocycles. The summed E-state index contributed by atoms with van der Waals surface area (Å²) in [6.45, 7) is 3.89. The predicted octanol–water partition coefficient (Wildman–Crippen LogP) is 1.38. The van der Waals surface area contributed by atoms with Gasteiger partial charge in [0.2, 0.25) is 5.95 Å². The minimum atomic E-state index is -0.358. The first kappa shape index (κ1) is 16.2. The number of aryl methyl sites for hydroxylation is 1. The van der Waals surface area contributed by atoms with Gasteiger partial charge in [0.1, 0.15) is 5.76 Å². The van der Waals surface area contributed by atoms with Crippen LogP contribution in [0.1, 0.15) is 29.2 Å². The molecule has 0 radical (unpaired) electrons. The average molecular weight is 328 g/mol. The summed E-state index contributed by atoms with van der Waals surface area (Å²) in [5.41, 5.74) is -0.228. The largest absolute Gasteiger partial charge is 0.456 e. The van der Waals surface area contributed by atoms with Crippen molar-refractivity contribution in [2.24, 2.45) is 5.92 Å². The molecule has 24 heavy (non-hydrogen) atoms. The van der Waals surface area contributed by atoms with Crippen LogP contribution in [0, 0.1) is 12.8 Å². The van der Waals surface area contributed by atoms with Gasteiger partial charge >= 0.3 is 0 Å². The lowest BCUT2D eigenvalue weighted by Gasteiger charge is -2.32. The molecule has 1 aliphatic heterocycles. The molecular weight excluding hydrogens is 308 g/mol. The summed E-state index contributed by atoms with van der Waals surface area (Å²) >= 11 is 0. The number of carbonyl (C=O) groups is 1. The van der Waals surface area contributed by atoms with Crippen molar-refractivity contribution in [3.63, 3.8) is 0 Å². The van der Waals surface area contributed by atoms with Crippen LogP contribution >= 0.6 is 0 Å². The molecule has 0 spiro atoms. The number of carbonyl (C=O) groups excluding carboxylic acids is 1. The zero-order chi connectivity index (χ0) is 16.9. The van der Waals surface area contributed by atoms with Gasteiger partial charge in [-0.25, -0.2) is 9.97 Å². The molecule has 126 valence electrons. The second-order valence-electron chi connectivity index (χ2n) is 5.98. The van der Waals surface area contributed by atoms with Crippen molar-refractivity contribution in [1.82, 2.24) is 15.3 Å². The second kappa shape index (κ2) is 7.25. The highest BCUT2D eigenvalue weighted by Crippen LogP contribution is 2.19. The van der Waals surface area contributed by atoms with E-state index in [1.165, 1.54) is 12.1 Å². The molecule has 1 aliphatic rings. The van der Waals surface area contributed by atoms with Crippen LogP contribution in [0.2, 0.25) is 0 Å². The number of piperidine rings is 1. The van der Waals surface area contributed by atoms with Crippen molar-refractivity contribution >= 4 is 11.9 Å². The van der Waals surface area contributed by atoms with Gasteiger partial charge in [0.25, 0.3) is 5.91 Å². The Morgan fingerprint density at radius 3 is 2.92 bits per heavy atom. The van der Waals surface area contributed by atoms with E-state index in [9.17, 15) is 9.59 Å². The average Bonchev–Trinajstić information content (AvgIpc) is 2.60. The first-order chi connectivity index (χ1) is 11.6. The Labute approximate surface area is 139 Å². The van der Waals surface area contributed by atoms with Crippen LogP contribution in [-0.4, -0.2) is 35.5 Å². The van der Waals surface area contributed by atoms with Crippen molar-refractivity contribution in [2.45, 2.75) is 19.8 Å². The van der Waals surface area contributed by atoms with Crippen LogP contribution in [-0.2, 0) is 0 Å². The van der Waals surface area contributed by atoms with Crippen molar-refractivity contribution < 1.29 is 9.21 Å². The molecule has 0 aromatic carbocycles. The lowest BCUT2D eigenvalue weighted by atomic mass is 9.98. The number of hydrogen-bond acceptors (Lipinski definition) is 6. The third-order valence-corrected chi connectivity index (χ3v) is 4.02. The monoisotopic (exact) mass is 328 g/mol. The molecule has 0 saturated carbocycles. The molecular formula is C17H20N4O3. The van der Waals surface area contributed by atoms with E-state index in [-0.39, 0.29) is 17.1 Å². The van der Waals surface area contributed by atoms with Crippen molar-refractivity contribution in [1.29, 1.82) is 0 Å². The number of nitrogens with one attached hydrogen (secondary N) is 1. The molecule has 1 fully saturated rings. The Bertz CT molecular complexity index is 760. The Hall–Kier alpha value is -2.70. The fourth-order valence-corrected chi connectivity index (χ4v) is 2.91. The van der Waals surface area contributed by atoms with Gasteiger partial charge in [-0.2, -0.15) is 0 Å².